The molecule has 1 aliphatic rings. The fourth-order valence-corrected chi connectivity index (χ4v) is 4.82. The van der Waals surface area contributed by atoms with Crippen molar-refractivity contribution in [2.75, 3.05) is 28.8 Å². The Hall–Kier alpha value is -3.03. The van der Waals surface area contributed by atoms with Crippen molar-refractivity contribution in [2.45, 2.75) is 0 Å². The average molecular weight is 398 g/mol. The molecule has 0 spiro atoms. The van der Waals surface area contributed by atoms with E-state index in [2.05, 4.69) is 21.0 Å². The number of sulfone groups is 1. The quantitative estimate of drug-likeness (QED) is 0.709. The van der Waals surface area contributed by atoms with E-state index in [9.17, 15) is 13.7 Å². The minimum absolute atomic E-state index is 0.0662. The van der Waals surface area contributed by atoms with Crippen LogP contribution in [0.1, 0.15) is 5.56 Å². The van der Waals surface area contributed by atoms with Crippen LogP contribution in [0.2, 0.25) is 0 Å². The van der Waals surface area contributed by atoms with Crippen LogP contribution in [0.15, 0.2) is 35.8 Å². The summed E-state index contributed by atoms with van der Waals surface area (Å²) >= 11 is 1.42. The summed E-state index contributed by atoms with van der Waals surface area (Å²) in [5.74, 6) is 0.564. The Bertz CT molecular complexity index is 1150. The maximum absolute atomic E-state index is 11.7. The van der Waals surface area contributed by atoms with Gasteiger partial charge in [-0.15, -0.1) is 11.3 Å². The molecule has 0 aliphatic carbocycles. The first-order valence-electron chi connectivity index (χ1n) is 8.00. The Balaban J connectivity index is 1.81. The number of rotatable bonds is 3. The zero-order valence-corrected chi connectivity index (χ0v) is 15.7. The van der Waals surface area contributed by atoms with Gasteiger partial charge in [-0.3, -0.25) is 0 Å². The number of nitrogens with zero attached hydrogens (tertiary/aromatic N) is 5. The molecule has 27 heavy (non-hydrogen) atoms. The summed E-state index contributed by atoms with van der Waals surface area (Å²) in [5, 5.41) is 12.1. The van der Waals surface area contributed by atoms with E-state index < -0.39 is 9.84 Å². The third-order valence-electron chi connectivity index (χ3n) is 4.14. The van der Waals surface area contributed by atoms with E-state index in [1.54, 1.807) is 35.4 Å². The van der Waals surface area contributed by atoms with Gasteiger partial charge in [-0.1, -0.05) is 6.07 Å². The van der Waals surface area contributed by atoms with Crippen molar-refractivity contribution in [3.8, 4) is 28.2 Å². The molecular formula is C17H14N6O2S2. The third-order valence-corrected chi connectivity index (χ3v) is 6.44. The summed E-state index contributed by atoms with van der Waals surface area (Å²) in [5.41, 5.74) is 7.97. The first kappa shape index (κ1) is 17.4. The highest BCUT2D eigenvalue weighted by Crippen LogP contribution is 2.31. The van der Waals surface area contributed by atoms with Crippen LogP contribution in [0, 0.1) is 11.3 Å². The van der Waals surface area contributed by atoms with Gasteiger partial charge in [0.15, 0.2) is 9.84 Å². The number of nitrogens with two attached hydrogens (primary N) is 1. The lowest BCUT2D eigenvalue weighted by molar-refractivity contribution is 0.602. The number of nitriles is 1. The van der Waals surface area contributed by atoms with Crippen LogP contribution in [-0.4, -0.2) is 41.5 Å². The molecule has 1 aliphatic heterocycles. The van der Waals surface area contributed by atoms with Crippen molar-refractivity contribution in [3.05, 3.63) is 41.4 Å². The van der Waals surface area contributed by atoms with E-state index >= 15 is 0 Å². The summed E-state index contributed by atoms with van der Waals surface area (Å²) in [6, 6.07) is 8.93. The lowest BCUT2D eigenvalue weighted by Gasteiger charge is -2.16. The summed E-state index contributed by atoms with van der Waals surface area (Å²) in [6.45, 7) is 0.388. The van der Waals surface area contributed by atoms with Crippen molar-refractivity contribution < 1.29 is 8.42 Å². The number of hydrogen-bond donors (Lipinski definition) is 1. The van der Waals surface area contributed by atoms with Crippen LogP contribution in [0.3, 0.4) is 0 Å². The zero-order chi connectivity index (χ0) is 19.0. The first-order chi connectivity index (χ1) is 13.0. The Kier molecular flexibility index (Phi) is 4.25. The molecule has 136 valence electrons. The summed E-state index contributed by atoms with van der Waals surface area (Å²) in [7, 11) is -3.09. The molecule has 0 radical (unpaired) electrons. The molecule has 0 atom stereocenters. The fourth-order valence-electron chi connectivity index (χ4n) is 2.85. The minimum atomic E-state index is -3.09. The molecule has 1 saturated heterocycles. The Labute approximate surface area is 159 Å². The topological polar surface area (TPSA) is 126 Å². The summed E-state index contributed by atoms with van der Waals surface area (Å²) < 4.78 is 23.5. The van der Waals surface area contributed by atoms with Crippen LogP contribution >= 0.6 is 11.3 Å². The lowest BCUT2D eigenvalue weighted by Crippen LogP contribution is -2.21. The molecule has 0 unspecified atom stereocenters. The van der Waals surface area contributed by atoms with E-state index in [0.29, 0.717) is 40.1 Å². The fraction of sp³-hybridized carbons (Fsp3) is 0.176. The molecule has 2 N–H and O–H groups in total. The monoisotopic (exact) mass is 398 g/mol. The average Bonchev–Trinajstić information content (AvgIpc) is 3.31. The van der Waals surface area contributed by atoms with Crippen LogP contribution in [-0.2, 0) is 9.84 Å². The molecule has 4 heterocycles. The second kappa shape index (κ2) is 6.61. The van der Waals surface area contributed by atoms with Gasteiger partial charge in [-0.25, -0.2) is 23.4 Å². The number of anilines is 2. The number of aromatic nitrogens is 3. The normalized spacial score (nSPS) is 15.6. The highest BCUT2D eigenvalue weighted by Gasteiger charge is 2.27. The van der Waals surface area contributed by atoms with E-state index in [-0.39, 0.29) is 17.2 Å². The van der Waals surface area contributed by atoms with Gasteiger partial charge in [0, 0.05) is 18.1 Å². The SMILES string of the molecule is N#Cc1c(N)cc(-c2nccs2)nc1-c1cccc(N2CCS(=O)(=O)C2)n1. The van der Waals surface area contributed by atoms with E-state index in [1.807, 2.05) is 5.38 Å². The van der Waals surface area contributed by atoms with Gasteiger partial charge in [0.2, 0.25) is 0 Å². The third kappa shape index (κ3) is 3.34. The van der Waals surface area contributed by atoms with Gasteiger partial charge in [-0.2, -0.15) is 5.26 Å². The van der Waals surface area contributed by atoms with Crippen LogP contribution in [0.25, 0.3) is 22.1 Å². The van der Waals surface area contributed by atoms with Gasteiger partial charge in [-0.05, 0) is 18.2 Å². The maximum Gasteiger partial charge on any atom is 0.170 e. The Morgan fingerprint density at radius 3 is 2.78 bits per heavy atom. The summed E-state index contributed by atoms with van der Waals surface area (Å²) in [4.78, 5) is 15.0. The van der Waals surface area contributed by atoms with E-state index in [0.717, 1.165) is 0 Å². The molecule has 0 saturated carbocycles. The van der Waals surface area contributed by atoms with Crippen molar-refractivity contribution in [2.24, 2.45) is 0 Å². The van der Waals surface area contributed by atoms with Gasteiger partial charge < -0.3 is 10.6 Å². The van der Waals surface area contributed by atoms with E-state index in [1.165, 1.54) is 11.3 Å². The number of thiazole rings is 1. The molecule has 8 nitrogen and oxygen atoms in total. The van der Waals surface area contributed by atoms with Crippen LogP contribution < -0.4 is 10.6 Å². The molecule has 4 rings (SSSR count). The molecule has 3 aromatic rings. The lowest BCUT2D eigenvalue weighted by atomic mass is 10.1. The largest absolute Gasteiger partial charge is 0.398 e. The van der Waals surface area contributed by atoms with Crippen molar-refractivity contribution in [1.82, 2.24) is 15.0 Å². The summed E-state index contributed by atoms with van der Waals surface area (Å²) in [6.07, 6.45) is 1.67. The Morgan fingerprint density at radius 2 is 2.11 bits per heavy atom. The molecule has 10 heteroatoms. The second-order valence-corrected chi connectivity index (χ2v) is 9.04. The van der Waals surface area contributed by atoms with Gasteiger partial charge in [0.05, 0.1) is 17.1 Å². The molecule has 0 aromatic carbocycles. The maximum atomic E-state index is 11.7. The molecular weight excluding hydrogens is 384 g/mol. The first-order valence-corrected chi connectivity index (χ1v) is 10.7. The van der Waals surface area contributed by atoms with Gasteiger partial charge >= 0.3 is 0 Å². The van der Waals surface area contributed by atoms with Gasteiger partial charge in [0.1, 0.15) is 39.7 Å². The van der Waals surface area contributed by atoms with Gasteiger partial charge in [0.25, 0.3) is 0 Å². The molecule has 3 aromatic heterocycles. The predicted molar refractivity (Wildman–Crippen MR) is 104 cm³/mol. The molecule has 0 bridgehead atoms. The highest BCUT2D eigenvalue weighted by atomic mass is 32.2. The highest BCUT2D eigenvalue weighted by molar-refractivity contribution is 7.91. The van der Waals surface area contributed by atoms with Crippen molar-refractivity contribution >= 4 is 32.7 Å². The smallest absolute Gasteiger partial charge is 0.170 e. The van der Waals surface area contributed by atoms with Crippen LogP contribution in [0.4, 0.5) is 11.5 Å². The second-order valence-electron chi connectivity index (χ2n) is 5.99. The Morgan fingerprint density at radius 1 is 1.26 bits per heavy atom. The number of nitrogen functional groups attached to an aromatic ring is 1. The minimum Gasteiger partial charge on any atom is -0.398 e. The van der Waals surface area contributed by atoms with Crippen molar-refractivity contribution in [1.29, 1.82) is 5.26 Å². The number of pyridine rings is 2. The predicted octanol–water partition coefficient (Wildman–Crippen LogP) is 1.91. The van der Waals surface area contributed by atoms with E-state index in [4.69, 9.17) is 5.73 Å². The zero-order valence-electron chi connectivity index (χ0n) is 14.0. The number of hydrogen-bond acceptors (Lipinski definition) is 9. The van der Waals surface area contributed by atoms with Crippen LogP contribution in [0.5, 0.6) is 0 Å². The standard InChI is InChI=1S/C17H14N6O2S2/c18-9-11-12(19)8-14(17-20-4-6-26-17)22-16(11)13-2-1-3-15(21-13)23-5-7-27(24,25)10-23/h1-4,6,8H,5,7,10H2,(H2,19,22). The molecule has 1 fully saturated rings. The molecule has 0 amide bonds. The van der Waals surface area contributed by atoms with Crippen molar-refractivity contribution in [3.63, 3.8) is 0 Å².